The number of nitrogens with zero attached hydrogens (tertiary/aromatic N) is 2. The number of aromatic nitrogens is 1. The summed E-state index contributed by atoms with van der Waals surface area (Å²) in [7, 11) is 1.83. The molecule has 5 nitrogen and oxygen atoms in total. The van der Waals surface area contributed by atoms with Gasteiger partial charge in [0.1, 0.15) is 0 Å². The second-order valence-electron chi connectivity index (χ2n) is 8.52. The standard InChI is InChI=1S/C20H36N4OS.HI/c1-14(2)18-24-16(13-26-18)9-10-22-19(21-6)23-12-15-8-7-11-25-17(15)20(3,4)5;/h13-15,17H,7-12H2,1-6H3,(H2,21,22,23);1H. The van der Waals surface area contributed by atoms with Crippen LogP contribution in [0.5, 0.6) is 0 Å². The van der Waals surface area contributed by atoms with Gasteiger partial charge in [0.05, 0.1) is 16.8 Å². The van der Waals surface area contributed by atoms with Gasteiger partial charge in [-0.05, 0) is 18.3 Å². The minimum absolute atomic E-state index is 0. The number of hydrogen-bond donors (Lipinski definition) is 2. The molecule has 0 aliphatic carbocycles. The molecule has 1 aromatic heterocycles. The molecule has 2 N–H and O–H groups in total. The van der Waals surface area contributed by atoms with Crippen molar-refractivity contribution in [2.75, 3.05) is 26.7 Å². The molecule has 1 fully saturated rings. The number of hydrogen-bond acceptors (Lipinski definition) is 4. The van der Waals surface area contributed by atoms with E-state index in [4.69, 9.17) is 9.72 Å². The summed E-state index contributed by atoms with van der Waals surface area (Å²) in [5.41, 5.74) is 1.33. The third-order valence-electron chi connectivity index (χ3n) is 4.79. The first-order valence-corrected chi connectivity index (χ1v) is 10.7. The van der Waals surface area contributed by atoms with Crippen LogP contribution >= 0.6 is 35.3 Å². The van der Waals surface area contributed by atoms with Crippen LogP contribution in [0.3, 0.4) is 0 Å². The number of rotatable bonds is 6. The fourth-order valence-corrected chi connectivity index (χ4v) is 4.34. The van der Waals surface area contributed by atoms with Crippen LogP contribution in [0.4, 0.5) is 0 Å². The van der Waals surface area contributed by atoms with Gasteiger partial charge in [0.25, 0.3) is 0 Å². The molecular formula is C20H37IN4OS. The number of ether oxygens (including phenoxy) is 1. The summed E-state index contributed by atoms with van der Waals surface area (Å²) in [6.07, 6.45) is 3.57. The summed E-state index contributed by atoms with van der Waals surface area (Å²) >= 11 is 1.76. The molecular weight excluding hydrogens is 471 g/mol. The fraction of sp³-hybridized carbons (Fsp3) is 0.800. The molecule has 2 heterocycles. The number of guanidine groups is 1. The van der Waals surface area contributed by atoms with Gasteiger partial charge in [-0.25, -0.2) is 4.98 Å². The molecule has 0 saturated carbocycles. The highest BCUT2D eigenvalue weighted by Gasteiger charge is 2.35. The SMILES string of the molecule is CN=C(NCCc1csc(C(C)C)n1)NCC1CCCOC1C(C)(C)C.I. The molecule has 0 amide bonds. The van der Waals surface area contributed by atoms with E-state index < -0.39 is 0 Å². The van der Waals surface area contributed by atoms with E-state index >= 15 is 0 Å². The summed E-state index contributed by atoms with van der Waals surface area (Å²) in [6, 6.07) is 0. The maximum Gasteiger partial charge on any atom is 0.191 e. The first-order valence-electron chi connectivity index (χ1n) is 9.81. The van der Waals surface area contributed by atoms with E-state index in [0.717, 1.165) is 44.2 Å². The minimum Gasteiger partial charge on any atom is -0.377 e. The smallest absolute Gasteiger partial charge is 0.191 e. The van der Waals surface area contributed by atoms with Crippen LogP contribution in [0.1, 0.15) is 64.1 Å². The van der Waals surface area contributed by atoms with Crippen LogP contribution in [0.2, 0.25) is 0 Å². The Morgan fingerprint density at radius 3 is 2.70 bits per heavy atom. The Bertz CT molecular complexity index is 583. The molecule has 7 heteroatoms. The second kappa shape index (κ2) is 11.6. The zero-order chi connectivity index (χ0) is 19.2. The molecule has 27 heavy (non-hydrogen) atoms. The van der Waals surface area contributed by atoms with Crippen molar-refractivity contribution in [1.82, 2.24) is 15.6 Å². The van der Waals surface area contributed by atoms with E-state index in [1.165, 1.54) is 11.4 Å². The predicted molar refractivity (Wildman–Crippen MR) is 127 cm³/mol. The van der Waals surface area contributed by atoms with E-state index in [1.54, 1.807) is 11.3 Å². The first-order chi connectivity index (χ1) is 12.3. The van der Waals surface area contributed by atoms with Crippen LogP contribution in [0, 0.1) is 11.3 Å². The van der Waals surface area contributed by atoms with Gasteiger partial charge < -0.3 is 15.4 Å². The van der Waals surface area contributed by atoms with Gasteiger partial charge in [0.15, 0.2) is 5.96 Å². The maximum absolute atomic E-state index is 6.07. The van der Waals surface area contributed by atoms with Gasteiger partial charge in [-0.2, -0.15) is 0 Å². The van der Waals surface area contributed by atoms with Crippen molar-refractivity contribution in [3.8, 4) is 0 Å². The Morgan fingerprint density at radius 1 is 1.37 bits per heavy atom. The lowest BCUT2D eigenvalue weighted by Gasteiger charge is -2.40. The molecule has 2 rings (SSSR count). The third kappa shape index (κ3) is 7.85. The van der Waals surface area contributed by atoms with Crippen LogP contribution in [0.15, 0.2) is 10.4 Å². The van der Waals surface area contributed by atoms with Gasteiger partial charge in [0, 0.05) is 50.4 Å². The monoisotopic (exact) mass is 508 g/mol. The minimum atomic E-state index is 0. The zero-order valence-electron chi connectivity index (χ0n) is 17.7. The summed E-state index contributed by atoms with van der Waals surface area (Å²) in [5, 5.41) is 10.3. The van der Waals surface area contributed by atoms with Crippen molar-refractivity contribution in [3.05, 3.63) is 16.1 Å². The van der Waals surface area contributed by atoms with Crippen molar-refractivity contribution >= 4 is 41.3 Å². The largest absolute Gasteiger partial charge is 0.377 e. The van der Waals surface area contributed by atoms with E-state index in [9.17, 15) is 0 Å². The topological polar surface area (TPSA) is 58.5 Å². The predicted octanol–water partition coefficient (Wildman–Crippen LogP) is 4.43. The summed E-state index contributed by atoms with van der Waals surface area (Å²) in [6.45, 7) is 13.8. The third-order valence-corrected chi connectivity index (χ3v) is 5.98. The lowest BCUT2D eigenvalue weighted by atomic mass is 9.78. The first kappa shape index (κ1) is 24.6. The molecule has 1 aliphatic heterocycles. The molecule has 1 aromatic rings. The Balaban J connectivity index is 0.00000364. The highest BCUT2D eigenvalue weighted by molar-refractivity contribution is 14.0. The second-order valence-corrected chi connectivity index (χ2v) is 9.41. The Morgan fingerprint density at radius 2 is 2.11 bits per heavy atom. The highest BCUT2D eigenvalue weighted by Crippen LogP contribution is 2.33. The quantitative estimate of drug-likeness (QED) is 0.339. The molecule has 2 atom stereocenters. The summed E-state index contributed by atoms with van der Waals surface area (Å²) in [5.74, 6) is 1.89. The van der Waals surface area contributed by atoms with Crippen LogP contribution in [-0.4, -0.2) is 43.8 Å². The Hall–Kier alpha value is -0.410. The van der Waals surface area contributed by atoms with Crippen LogP contribution < -0.4 is 10.6 Å². The molecule has 2 unspecified atom stereocenters. The molecule has 0 spiro atoms. The van der Waals surface area contributed by atoms with Gasteiger partial charge in [-0.1, -0.05) is 34.6 Å². The van der Waals surface area contributed by atoms with E-state index in [2.05, 4.69) is 55.6 Å². The Labute approximate surface area is 186 Å². The Kier molecular flexibility index (Phi) is 10.5. The average Bonchev–Trinajstić information content (AvgIpc) is 3.06. The molecule has 1 saturated heterocycles. The number of aliphatic imine (C=N–C) groups is 1. The van der Waals surface area contributed by atoms with Crippen molar-refractivity contribution in [2.24, 2.45) is 16.3 Å². The van der Waals surface area contributed by atoms with E-state index in [1.807, 2.05) is 7.05 Å². The molecule has 1 aliphatic rings. The van der Waals surface area contributed by atoms with E-state index in [-0.39, 0.29) is 29.4 Å². The summed E-state index contributed by atoms with van der Waals surface area (Å²) in [4.78, 5) is 9.05. The summed E-state index contributed by atoms with van der Waals surface area (Å²) < 4.78 is 6.07. The van der Waals surface area contributed by atoms with Crippen LogP contribution in [-0.2, 0) is 11.2 Å². The van der Waals surface area contributed by atoms with Crippen molar-refractivity contribution in [3.63, 3.8) is 0 Å². The number of thiazole rings is 1. The molecule has 0 radical (unpaired) electrons. The zero-order valence-corrected chi connectivity index (χ0v) is 20.8. The molecule has 0 bridgehead atoms. The average molecular weight is 509 g/mol. The number of nitrogens with one attached hydrogen (secondary N) is 2. The number of halogens is 1. The fourth-order valence-electron chi connectivity index (χ4n) is 3.47. The van der Waals surface area contributed by atoms with Crippen molar-refractivity contribution in [1.29, 1.82) is 0 Å². The van der Waals surface area contributed by atoms with Gasteiger partial charge in [-0.3, -0.25) is 4.99 Å². The lowest BCUT2D eigenvalue weighted by Crippen LogP contribution is -2.47. The van der Waals surface area contributed by atoms with Crippen molar-refractivity contribution in [2.45, 2.75) is 65.9 Å². The highest BCUT2D eigenvalue weighted by atomic mass is 127. The van der Waals surface area contributed by atoms with Crippen molar-refractivity contribution < 1.29 is 4.74 Å². The molecule has 0 aromatic carbocycles. The lowest BCUT2D eigenvalue weighted by molar-refractivity contribution is -0.0835. The van der Waals surface area contributed by atoms with Gasteiger partial charge >= 0.3 is 0 Å². The van der Waals surface area contributed by atoms with Gasteiger partial charge in [-0.15, -0.1) is 35.3 Å². The maximum atomic E-state index is 6.07. The van der Waals surface area contributed by atoms with E-state index in [0.29, 0.717) is 17.9 Å². The van der Waals surface area contributed by atoms with Crippen LogP contribution in [0.25, 0.3) is 0 Å². The molecule has 156 valence electrons. The van der Waals surface area contributed by atoms with Gasteiger partial charge in [0.2, 0.25) is 0 Å². The normalized spacial score (nSPS) is 21.1.